The molecule has 0 bridgehead atoms. The van der Waals surface area contributed by atoms with E-state index in [4.69, 9.17) is 28.5 Å². The summed E-state index contributed by atoms with van der Waals surface area (Å²) in [6.45, 7) is 1.76. The normalized spacial score (nSPS) is 15.2. The van der Waals surface area contributed by atoms with Crippen LogP contribution < -0.4 is 9.80 Å². The summed E-state index contributed by atoms with van der Waals surface area (Å²) in [4.78, 5) is 16.8. The SMILES string of the molecule is CN(c1nc(Cl)ncc1Cl)C1CCN(c2ccc(C#N)cn2)CC1. The van der Waals surface area contributed by atoms with Crippen LogP contribution >= 0.6 is 23.2 Å². The fourth-order valence-corrected chi connectivity index (χ4v) is 3.23. The van der Waals surface area contributed by atoms with E-state index in [9.17, 15) is 0 Å². The topological polar surface area (TPSA) is 68.9 Å². The zero-order valence-electron chi connectivity index (χ0n) is 13.2. The lowest BCUT2D eigenvalue weighted by Crippen LogP contribution is -2.44. The minimum Gasteiger partial charge on any atom is -0.356 e. The molecule has 1 aliphatic heterocycles. The first kappa shape index (κ1) is 16.7. The molecule has 6 nitrogen and oxygen atoms in total. The second kappa shape index (κ2) is 7.20. The number of pyridine rings is 1. The second-order valence-corrected chi connectivity index (χ2v) is 6.40. The van der Waals surface area contributed by atoms with Crippen LogP contribution in [0.25, 0.3) is 0 Å². The standard InChI is InChI=1S/C16H16Cl2N6/c1-23(15-13(17)10-21-16(18)22-15)12-4-6-24(7-5-12)14-3-2-11(8-19)9-20-14/h2-3,9-10,12H,4-7H2,1H3. The van der Waals surface area contributed by atoms with Gasteiger partial charge in [-0.15, -0.1) is 0 Å². The summed E-state index contributed by atoms with van der Waals surface area (Å²) in [6.07, 6.45) is 5.04. The van der Waals surface area contributed by atoms with Gasteiger partial charge in [0.15, 0.2) is 5.82 Å². The van der Waals surface area contributed by atoms with E-state index < -0.39 is 0 Å². The molecule has 8 heteroatoms. The van der Waals surface area contributed by atoms with Crippen molar-refractivity contribution in [2.75, 3.05) is 29.9 Å². The summed E-state index contributed by atoms with van der Waals surface area (Å²) in [7, 11) is 1.98. The van der Waals surface area contributed by atoms with Crippen LogP contribution in [0, 0.1) is 11.3 Å². The Morgan fingerprint density at radius 3 is 2.58 bits per heavy atom. The Labute approximate surface area is 150 Å². The number of halogens is 2. The van der Waals surface area contributed by atoms with Gasteiger partial charge in [0, 0.05) is 32.4 Å². The van der Waals surface area contributed by atoms with E-state index in [0.29, 0.717) is 22.4 Å². The van der Waals surface area contributed by atoms with Gasteiger partial charge in [0.25, 0.3) is 0 Å². The molecule has 1 fully saturated rings. The molecule has 0 unspecified atom stereocenters. The number of rotatable bonds is 3. The molecule has 24 heavy (non-hydrogen) atoms. The highest BCUT2D eigenvalue weighted by atomic mass is 35.5. The average molecular weight is 363 g/mol. The summed E-state index contributed by atoms with van der Waals surface area (Å²) < 4.78 is 0. The van der Waals surface area contributed by atoms with Crippen LogP contribution in [-0.4, -0.2) is 41.1 Å². The molecule has 0 atom stereocenters. The van der Waals surface area contributed by atoms with E-state index in [1.807, 2.05) is 13.1 Å². The van der Waals surface area contributed by atoms with E-state index in [1.165, 1.54) is 6.20 Å². The average Bonchev–Trinajstić information content (AvgIpc) is 2.63. The Morgan fingerprint density at radius 2 is 1.96 bits per heavy atom. The van der Waals surface area contributed by atoms with Gasteiger partial charge in [0.1, 0.15) is 16.9 Å². The maximum Gasteiger partial charge on any atom is 0.224 e. The van der Waals surface area contributed by atoms with Crippen molar-refractivity contribution >= 4 is 34.8 Å². The monoisotopic (exact) mass is 362 g/mol. The summed E-state index contributed by atoms with van der Waals surface area (Å²) in [5.41, 5.74) is 0.573. The van der Waals surface area contributed by atoms with Crippen molar-refractivity contribution in [3.63, 3.8) is 0 Å². The van der Waals surface area contributed by atoms with Crippen molar-refractivity contribution < 1.29 is 0 Å². The van der Waals surface area contributed by atoms with Gasteiger partial charge in [-0.05, 0) is 36.6 Å². The molecule has 2 aromatic rings. The van der Waals surface area contributed by atoms with Crippen LogP contribution in [0.2, 0.25) is 10.3 Å². The van der Waals surface area contributed by atoms with E-state index in [1.54, 1.807) is 12.3 Å². The highest BCUT2D eigenvalue weighted by molar-refractivity contribution is 6.33. The first-order valence-electron chi connectivity index (χ1n) is 7.60. The van der Waals surface area contributed by atoms with Gasteiger partial charge in [0.05, 0.1) is 11.8 Å². The fraction of sp³-hybridized carbons (Fsp3) is 0.375. The molecule has 0 saturated carbocycles. The van der Waals surface area contributed by atoms with Crippen molar-refractivity contribution in [1.82, 2.24) is 15.0 Å². The minimum absolute atomic E-state index is 0.195. The Hall–Kier alpha value is -2.10. The van der Waals surface area contributed by atoms with E-state index in [2.05, 4.69) is 30.8 Å². The third-order valence-electron chi connectivity index (χ3n) is 4.24. The van der Waals surface area contributed by atoms with Crippen molar-refractivity contribution in [3.05, 3.63) is 40.4 Å². The van der Waals surface area contributed by atoms with Gasteiger partial charge in [-0.25, -0.2) is 9.97 Å². The predicted molar refractivity (Wildman–Crippen MR) is 94.6 cm³/mol. The van der Waals surface area contributed by atoms with Crippen LogP contribution in [0.1, 0.15) is 18.4 Å². The van der Waals surface area contributed by atoms with E-state index in [-0.39, 0.29) is 5.28 Å². The van der Waals surface area contributed by atoms with Crippen LogP contribution in [0.15, 0.2) is 24.5 Å². The van der Waals surface area contributed by atoms with Crippen molar-refractivity contribution in [2.24, 2.45) is 0 Å². The number of aromatic nitrogens is 3. The van der Waals surface area contributed by atoms with Gasteiger partial charge in [-0.1, -0.05) is 11.6 Å². The summed E-state index contributed by atoms with van der Waals surface area (Å²) in [5.74, 6) is 1.56. The van der Waals surface area contributed by atoms with E-state index in [0.717, 1.165) is 31.7 Å². The number of hydrogen-bond acceptors (Lipinski definition) is 6. The zero-order valence-corrected chi connectivity index (χ0v) is 14.7. The molecule has 124 valence electrons. The van der Waals surface area contributed by atoms with Gasteiger partial charge in [-0.3, -0.25) is 0 Å². The maximum absolute atomic E-state index is 8.85. The summed E-state index contributed by atoms with van der Waals surface area (Å²) >= 11 is 12.1. The first-order chi connectivity index (χ1) is 11.6. The number of nitrogens with zero attached hydrogens (tertiary/aromatic N) is 6. The smallest absolute Gasteiger partial charge is 0.224 e. The lowest BCUT2D eigenvalue weighted by atomic mass is 10.0. The largest absolute Gasteiger partial charge is 0.356 e. The van der Waals surface area contributed by atoms with Crippen LogP contribution in [0.3, 0.4) is 0 Å². The Balaban J connectivity index is 1.66. The number of anilines is 2. The molecule has 0 amide bonds. The molecule has 0 N–H and O–H groups in total. The van der Waals surface area contributed by atoms with Crippen molar-refractivity contribution in [1.29, 1.82) is 5.26 Å². The van der Waals surface area contributed by atoms with Gasteiger partial charge >= 0.3 is 0 Å². The summed E-state index contributed by atoms with van der Waals surface area (Å²) in [6, 6.07) is 6.09. The van der Waals surface area contributed by atoms with E-state index >= 15 is 0 Å². The Kier molecular flexibility index (Phi) is 5.03. The lowest BCUT2D eigenvalue weighted by molar-refractivity contribution is 0.478. The minimum atomic E-state index is 0.195. The lowest BCUT2D eigenvalue weighted by Gasteiger charge is -2.38. The third kappa shape index (κ3) is 3.53. The predicted octanol–water partition coefficient (Wildman–Crippen LogP) is 3.16. The molecule has 3 rings (SSSR count). The van der Waals surface area contributed by atoms with Gasteiger partial charge in [-0.2, -0.15) is 10.2 Å². The Bertz CT molecular complexity index is 750. The Morgan fingerprint density at radius 1 is 1.21 bits per heavy atom. The highest BCUT2D eigenvalue weighted by Crippen LogP contribution is 2.28. The second-order valence-electron chi connectivity index (χ2n) is 5.66. The van der Waals surface area contributed by atoms with Crippen molar-refractivity contribution in [3.8, 4) is 6.07 Å². The summed E-state index contributed by atoms with van der Waals surface area (Å²) in [5, 5.41) is 9.54. The molecule has 3 heterocycles. The third-order valence-corrected chi connectivity index (χ3v) is 4.69. The highest BCUT2D eigenvalue weighted by Gasteiger charge is 2.25. The fourth-order valence-electron chi connectivity index (χ4n) is 2.88. The number of piperidine rings is 1. The number of nitriles is 1. The molecular weight excluding hydrogens is 347 g/mol. The molecule has 1 aliphatic rings. The molecule has 0 aromatic carbocycles. The van der Waals surface area contributed by atoms with Crippen LogP contribution in [-0.2, 0) is 0 Å². The molecule has 0 radical (unpaired) electrons. The van der Waals surface area contributed by atoms with Crippen LogP contribution in [0.4, 0.5) is 11.6 Å². The molecular formula is C16H16Cl2N6. The van der Waals surface area contributed by atoms with Crippen molar-refractivity contribution in [2.45, 2.75) is 18.9 Å². The molecule has 1 saturated heterocycles. The zero-order chi connectivity index (χ0) is 17.1. The van der Waals surface area contributed by atoms with Gasteiger partial charge < -0.3 is 9.80 Å². The van der Waals surface area contributed by atoms with Gasteiger partial charge in [0.2, 0.25) is 5.28 Å². The van der Waals surface area contributed by atoms with Crippen LogP contribution in [0.5, 0.6) is 0 Å². The molecule has 0 aliphatic carbocycles. The molecule has 2 aromatic heterocycles. The number of hydrogen-bond donors (Lipinski definition) is 0. The maximum atomic E-state index is 8.85. The molecule has 0 spiro atoms. The quantitative estimate of drug-likeness (QED) is 0.781. The first-order valence-corrected chi connectivity index (χ1v) is 8.36.